The predicted molar refractivity (Wildman–Crippen MR) is 71.9 cm³/mol. The van der Waals surface area contributed by atoms with Crippen molar-refractivity contribution in [1.29, 1.82) is 0 Å². The average molecular weight is 248 g/mol. The molecule has 98 valence electrons. The van der Waals surface area contributed by atoms with Crippen LogP contribution >= 0.6 is 0 Å². The Morgan fingerprint density at radius 3 is 3.06 bits per heavy atom. The largest absolute Gasteiger partial charge is 0.395 e. The highest BCUT2D eigenvalue weighted by Gasteiger charge is 2.20. The van der Waals surface area contributed by atoms with Crippen molar-refractivity contribution in [2.45, 2.75) is 19.8 Å². The van der Waals surface area contributed by atoms with Gasteiger partial charge in [-0.25, -0.2) is 0 Å². The molecular formula is C14H20N2O2. The smallest absolute Gasteiger partial charge is 0.254 e. The second-order valence-electron chi connectivity index (χ2n) is 4.47. The monoisotopic (exact) mass is 248 g/mol. The number of carbonyl (C=O) groups excluding carboxylic acids is 1. The molecule has 1 heterocycles. The summed E-state index contributed by atoms with van der Waals surface area (Å²) in [6.45, 7) is 3.93. The van der Waals surface area contributed by atoms with Crippen LogP contribution in [0.25, 0.3) is 0 Å². The molecule has 0 unspecified atom stereocenters. The van der Waals surface area contributed by atoms with Gasteiger partial charge in [-0.05, 0) is 37.5 Å². The molecule has 0 fully saturated rings. The van der Waals surface area contributed by atoms with Gasteiger partial charge in [0.1, 0.15) is 0 Å². The number of rotatable bonds is 4. The number of fused-ring (bicyclic) bond motifs is 1. The van der Waals surface area contributed by atoms with E-state index in [1.54, 1.807) is 4.90 Å². The minimum atomic E-state index is 0.00680. The lowest BCUT2D eigenvalue weighted by Gasteiger charge is -2.24. The highest BCUT2D eigenvalue weighted by molar-refractivity contribution is 5.97. The molecule has 0 atom stereocenters. The summed E-state index contributed by atoms with van der Waals surface area (Å²) in [7, 11) is 0. The van der Waals surface area contributed by atoms with Crippen LogP contribution in [-0.2, 0) is 6.42 Å². The first-order valence-electron chi connectivity index (χ1n) is 6.53. The molecule has 4 nitrogen and oxygen atoms in total. The zero-order valence-electron chi connectivity index (χ0n) is 10.8. The summed E-state index contributed by atoms with van der Waals surface area (Å²) in [6, 6.07) is 5.82. The molecule has 1 aliphatic heterocycles. The lowest BCUT2D eigenvalue weighted by Crippen LogP contribution is -2.34. The molecule has 0 saturated carbocycles. The molecule has 18 heavy (non-hydrogen) atoms. The molecule has 1 aromatic carbocycles. The van der Waals surface area contributed by atoms with Crippen molar-refractivity contribution in [3.8, 4) is 0 Å². The zero-order valence-corrected chi connectivity index (χ0v) is 10.8. The zero-order chi connectivity index (χ0) is 13.0. The van der Waals surface area contributed by atoms with E-state index in [1.165, 1.54) is 0 Å². The molecule has 4 heteroatoms. The first-order chi connectivity index (χ1) is 8.77. The maximum Gasteiger partial charge on any atom is 0.254 e. The highest BCUT2D eigenvalue weighted by Crippen LogP contribution is 2.26. The van der Waals surface area contributed by atoms with Gasteiger partial charge in [0, 0.05) is 30.9 Å². The van der Waals surface area contributed by atoms with E-state index >= 15 is 0 Å². The molecule has 0 bridgehead atoms. The van der Waals surface area contributed by atoms with Gasteiger partial charge in [-0.2, -0.15) is 0 Å². The maximum atomic E-state index is 12.4. The summed E-state index contributed by atoms with van der Waals surface area (Å²) >= 11 is 0. The van der Waals surface area contributed by atoms with Crippen molar-refractivity contribution in [2.24, 2.45) is 0 Å². The van der Waals surface area contributed by atoms with Gasteiger partial charge >= 0.3 is 0 Å². The number of nitrogens with zero attached hydrogens (tertiary/aromatic N) is 1. The molecule has 1 aliphatic rings. The molecule has 2 N–H and O–H groups in total. The minimum absolute atomic E-state index is 0.00680. The normalized spacial score (nSPS) is 13.7. The van der Waals surface area contributed by atoms with Gasteiger partial charge in [0.2, 0.25) is 0 Å². The molecule has 0 aliphatic carbocycles. The minimum Gasteiger partial charge on any atom is -0.395 e. The van der Waals surface area contributed by atoms with E-state index in [-0.39, 0.29) is 12.5 Å². The highest BCUT2D eigenvalue weighted by atomic mass is 16.3. The summed E-state index contributed by atoms with van der Waals surface area (Å²) in [5, 5.41) is 12.3. The first-order valence-corrected chi connectivity index (χ1v) is 6.53. The van der Waals surface area contributed by atoms with Crippen LogP contribution in [-0.4, -0.2) is 42.2 Å². The number of hydrogen-bond acceptors (Lipinski definition) is 3. The number of likely N-dealkylation sites (N-methyl/N-ethyl adjacent to an activating group) is 1. The van der Waals surface area contributed by atoms with E-state index in [0.29, 0.717) is 13.1 Å². The fourth-order valence-electron chi connectivity index (χ4n) is 2.40. The first kappa shape index (κ1) is 12.9. The van der Waals surface area contributed by atoms with E-state index in [0.717, 1.165) is 36.2 Å². The van der Waals surface area contributed by atoms with E-state index in [2.05, 4.69) is 5.32 Å². The second kappa shape index (κ2) is 5.87. The average Bonchev–Trinajstić information content (AvgIpc) is 2.43. The van der Waals surface area contributed by atoms with E-state index in [1.807, 2.05) is 25.1 Å². The molecule has 1 amide bonds. The lowest BCUT2D eigenvalue weighted by molar-refractivity contribution is 0.0731. The number of nitrogens with one attached hydrogen (secondary N) is 1. The van der Waals surface area contributed by atoms with E-state index in [9.17, 15) is 4.79 Å². The van der Waals surface area contributed by atoms with E-state index in [4.69, 9.17) is 5.11 Å². The number of hydrogen-bond donors (Lipinski definition) is 2. The Hall–Kier alpha value is -1.55. The number of aliphatic hydroxyl groups excluding tert-OH is 1. The summed E-state index contributed by atoms with van der Waals surface area (Å²) in [5.74, 6) is 0.0205. The van der Waals surface area contributed by atoms with Gasteiger partial charge in [-0.1, -0.05) is 6.07 Å². The third-order valence-corrected chi connectivity index (χ3v) is 3.36. The molecule has 1 aromatic rings. The standard InChI is InChI=1S/C14H20N2O2/c1-2-16(9-10-17)14(18)12-5-3-7-13-11(12)6-4-8-15-13/h3,5,7,15,17H,2,4,6,8-10H2,1H3. The van der Waals surface area contributed by atoms with E-state index < -0.39 is 0 Å². The van der Waals surface area contributed by atoms with Crippen molar-refractivity contribution < 1.29 is 9.90 Å². The summed E-state index contributed by atoms with van der Waals surface area (Å²) in [4.78, 5) is 14.1. The van der Waals surface area contributed by atoms with Crippen LogP contribution in [0.2, 0.25) is 0 Å². The van der Waals surface area contributed by atoms with Crippen molar-refractivity contribution in [1.82, 2.24) is 4.90 Å². The fraction of sp³-hybridized carbons (Fsp3) is 0.500. The lowest BCUT2D eigenvalue weighted by atomic mass is 9.97. The molecule has 0 aromatic heterocycles. The third kappa shape index (κ3) is 2.48. The van der Waals surface area contributed by atoms with Crippen molar-refractivity contribution >= 4 is 11.6 Å². The summed E-state index contributed by atoms with van der Waals surface area (Å²) in [6.07, 6.45) is 2.00. The van der Waals surface area contributed by atoms with Gasteiger partial charge in [0.25, 0.3) is 5.91 Å². The molecular weight excluding hydrogens is 228 g/mol. The summed E-state index contributed by atoms with van der Waals surface area (Å²) in [5.41, 5.74) is 2.97. The van der Waals surface area contributed by atoms with Crippen LogP contribution in [0.3, 0.4) is 0 Å². The van der Waals surface area contributed by atoms with Crippen LogP contribution in [0.1, 0.15) is 29.3 Å². The Kier molecular flexibility index (Phi) is 4.20. The molecule has 0 spiro atoms. The van der Waals surface area contributed by atoms with Crippen molar-refractivity contribution in [2.75, 3.05) is 31.6 Å². The van der Waals surface area contributed by atoms with Crippen LogP contribution in [0.15, 0.2) is 18.2 Å². The Bertz CT molecular complexity index is 432. The molecule has 0 saturated heterocycles. The number of amides is 1. The third-order valence-electron chi connectivity index (χ3n) is 3.36. The number of carbonyl (C=O) groups is 1. The number of anilines is 1. The number of benzene rings is 1. The van der Waals surface area contributed by atoms with Gasteiger partial charge in [-0.15, -0.1) is 0 Å². The van der Waals surface area contributed by atoms with Gasteiger partial charge in [0.05, 0.1) is 6.61 Å². The van der Waals surface area contributed by atoms with Crippen LogP contribution in [0.5, 0.6) is 0 Å². The SMILES string of the molecule is CCN(CCO)C(=O)c1cccc2c1CCCN2. The fourth-order valence-corrected chi connectivity index (χ4v) is 2.40. The van der Waals surface area contributed by atoms with Gasteiger partial charge < -0.3 is 15.3 Å². The number of aliphatic hydroxyl groups is 1. The van der Waals surface area contributed by atoms with Crippen molar-refractivity contribution in [3.63, 3.8) is 0 Å². The van der Waals surface area contributed by atoms with Crippen LogP contribution < -0.4 is 5.32 Å². The quantitative estimate of drug-likeness (QED) is 0.849. The second-order valence-corrected chi connectivity index (χ2v) is 4.47. The maximum absolute atomic E-state index is 12.4. The van der Waals surface area contributed by atoms with Crippen LogP contribution in [0.4, 0.5) is 5.69 Å². The van der Waals surface area contributed by atoms with Crippen LogP contribution in [0, 0.1) is 0 Å². The van der Waals surface area contributed by atoms with Gasteiger partial charge in [-0.3, -0.25) is 4.79 Å². The predicted octanol–water partition coefficient (Wildman–Crippen LogP) is 1.50. The Morgan fingerprint density at radius 2 is 2.33 bits per heavy atom. The molecule has 0 radical (unpaired) electrons. The van der Waals surface area contributed by atoms with Gasteiger partial charge in [0.15, 0.2) is 0 Å². The Balaban J connectivity index is 2.29. The topological polar surface area (TPSA) is 52.6 Å². The molecule has 2 rings (SSSR count). The van der Waals surface area contributed by atoms with Crippen molar-refractivity contribution in [3.05, 3.63) is 29.3 Å². The Morgan fingerprint density at radius 1 is 1.50 bits per heavy atom. The summed E-state index contributed by atoms with van der Waals surface area (Å²) < 4.78 is 0. The Labute approximate surface area is 108 Å².